The lowest BCUT2D eigenvalue weighted by Crippen LogP contribution is -2.48. The summed E-state index contributed by atoms with van der Waals surface area (Å²) in [5, 5.41) is 0. The highest BCUT2D eigenvalue weighted by molar-refractivity contribution is 7.89. The number of ether oxygens (including phenoxy) is 1. The van der Waals surface area contributed by atoms with Crippen LogP contribution in [-0.4, -0.2) is 55.4 Å². The van der Waals surface area contributed by atoms with Gasteiger partial charge in [0.1, 0.15) is 0 Å². The van der Waals surface area contributed by atoms with Gasteiger partial charge in [-0.1, -0.05) is 24.3 Å². The highest BCUT2D eigenvalue weighted by atomic mass is 32.2. The number of hydrogen-bond donors (Lipinski definition) is 0. The molecule has 7 heteroatoms. The molecule has 2 atom stereocenters. The van der Waals surface area contributed by atoms with Crippen LogP contribution in [0.5, 0.6) is 0 Å². The average molecular weight is 415 g/mol. The molecule has 0 saturated carbocycles. The molecule has 6 nitrogen and oxygen atoms in total. The maximum atomic E-state index is 13.0. The van der Waals surface area contributed by atoms with Crippen LogP contribution < -0.4 is 0 Å². The summed E-state index contributed by atoms with van der Waals surface area (Å²) in [4.78, 5) is 14.9. The zero-order valence-corrected chi connectivity index (χ0v) is 17.6. The van der Waals surface area contributed by atoms with Crippen LogP contribution in [0.1, 0.15) is 35.3 Å². The summed E-state index contributed by atoms with van der Waals surface area (Å²) in [6.07, 6.45) is 0.551. The zero-order valence-electron chi connectivity index (χ0n) is 16.7. The summed E-state index contributed by atoms with van der Waals surface area (Å²) >= 11 is 0. The molecule has 2 aliphatic rings. The Morgan fingerprint density at radius 2 is 1.59 bits per heavy atom. The SMILES string of the molecule is CC1CN(S(=O)(=O)c2ccc(C(=O)N3CCc4ccccc4C3)cc2)CC(C)O1. The minimum atomic E-state index is -3.61. The first-order valence-corrected chi connectivity index (χ1v) is 11.4. The fourth-order valence-corrected chi connectivity index (χ4v) is 5.69. The molecule has 2 heterocycles. The van der Waals surface area contributed by atoms with Crippen molar-refractivity contribution in [1.82, 2.24) is 9.21 Å². The Bertz CT molecular complexity index is 994. The van der Waals surface area contributed by atoms with Crippen molar-refractivity contribution in [3.8, 4) is 0 Å². The topological polar surface area (TPSA) is 66.9 Å². The predicted octanol–water partition coefficient (Wildman–Crippen LogP) is 2.68. The van der Waals surface area contributed by atoms with Gasteiger partial charge in [0.25, 0.3) is 5.91 Å². The lowest BCUT2D eigenvalue weighted by atomic mass is 9.99. The second-order valence-electron chi connectivity index (χ2n) is 7.85. The Morgan fingerprint density at radius 1 is 0.966 bits per heavy atom. The number of sulfonamides is 1. The minimum Gasteiger partial charge on any atom is -0.373 e. The molecule has 1 amide bonds. The number of carbonyl (C=O) groups is 1. The maximum absolute atomic E-state index is 13.0. The van der Waals surface area contributed by atoms with Gasteiger partial charge in [-0.2, -0.15) is 4.31 Å². The van der Waals surface area contributed by atoms with Crippen molar-refractivity contribution in [2.75, 3.05) is 19.6 Å². The molecule has 1 fully saturated rings. The third-order valence-corrected chi connectivity index (χ3v) is 7.39. The molecule has 2 aromatic rings. The molecular formula is C22H26N2O4S. The molecule has 0 aliphatic carbocycles. The molecule has 0 radical (unpaired) electrons. The number of amides is 1. The molecule has 0 bridgehead atoms. The fraction of sp³-hybridized carbons (Fsp3) is 0.409. The Kier molecular flexibility index (Phi) is 5.46. The van der Waals surface area contributed by atoms with E-state index in [1.807, 2.05) is 30.9 Å². The highest BCUT2D eigenvalue weighted by Crippen LogP contribution is 2.23. The second kappa shape index (κ2) is 7.89. The summed E-state index contributed by atoms with van der Waals surface area (Å²) in [7, 11) is -3.61. The summed E-state index contributed by atoms with van der Waals surface area (Å²) in [5.74, 6) is -0.0722. The van der Waals surface area contributed by atoms with Crippen LogP contribution >= 0.6 is 0 Å². The highest BCUT2D eigenvalue weighted by Gasteiger charge is 2.32. The number of morpholine rings is 1. The van der Waals surface area contributed by atoms with Crippen LogP contribution in [0.25, 0.3) is 0 Å². The lowest BCUT2D eigenvalue weighted by Gasteiger charge is -2.34. The third kappa shape index (κ3) is 4.08. The van der Waals surface area contributed by atoms with Crippen LogP contribution in [0.4, 0.5) is 0 Å². The number of rotatable bonds is 3. The molecule has 2 aromatic carbocycles. The molecule has 4 rings (SSSR count). The molecule has 2 unspecified atom stereocenters. The molecular weight excluding hydrogens is 388 g/mol. The van der Waals surface area contributed by atoms with E-state index in [-0.39, 0.29) is 23.0 Å². The second-order valence-corrected chi connectivity index (χ2v) is 9.79. The molecule has 154 valence electrons. The van der Waals surface area contributed by atoms with E-state index in [0.29, 0.717) is 31.7 Å². The first kappa shape index (κ1) is 20.1. The van der Waals surface area contributed by atoms with Gasteiger partial charge in [-0.25, -0.2) is 8.42 Å². The maximum Gasteiger partial charge on any atom is 0.254 e. The van der Waals surface area contributed by atoms with Crippen molar-refractivity contribution in [3.05, 3.63) is 65.2 Å². The van der Waals surface area contributed by atoms with Crippen molar-refractivity contribution >= 4 is 15.9 Å². The Balaban J connectivity index is 1.50. The van der Waals surface area contributed by atoms with Crippen molar-refractivity contribution in [1.29, 1.82) is 0 Å². The van der Waals surface area contributed by atoms with E-state index in [1.54, 1.807) is 12.1 Å². The van der Waals surface area contributed by atoms with Crippen LogP contribution in [-0.2, 0) is 27.7 Å². The van der Waals surface area contributed by atoms with Gasteiger partial charge in [0.2, 0.25) is 10.0 Å². The van der Waals surface area contributed by atoms with Crippen molar-refractivity contribution < 1.29 is 17.9 Å². The molecule has 0 spiro atoms. The van der Waals surface area contributed by atoms with Crippen LogP contribution in [0.15, 0.2) is 53.4 Å². The number of benzene rings is 2. The zero-order chi connectivity index (χ0) is 20.6. The summed E-state index contributed by atoms with van der Waals surface area (Å²) < 4.78 is 33.0. The van der Waals surface area contributed by atoms with E-state index >= 15 is 0 Å². The van der Waals surface area contributed by atoms with Crippen LogP contribution in [0.3, 0.4) is 0 Å². The molecule has 0 aromatic heterocycles. The smallest absolute Gasteiger partial charge is 0.254 e. The van der Waals surface area contributed by atoms with E-state index in [1.165, 1.54) is 27.6 Å². The van der Waals surface area contributed by atoms with Gasteiger partial charge in [0.15, 0.2) is 0 Å². The molecule has 2 aliphatic heterocycles. The number of carbonyl (C=O) groups excluding carboxylic acids is 1. The Hall–Kier alpha value is -2.22. The minimum absolute atomic E-state index is 0.0722. The third-order valence-electron chi connectivity index (χ3n) is 5.54. The van der Waals surface area contributed by atoms with Crippen molar-refractivity contribution in [2.24, 2.45) is 0 Å². The first-order valence-electron chi connectivity index (χ1n) is 9.96. The number of fused-ring (bicyclic) bond motifs is 1. The largest absolute Gasteiger partial charge is 0.373 e. The Morgan fingerprint density at radius 3 is 2.24 bits per heavy atom. The molecule has 0 N–H and O–H groups in total. The van der Waals surface area contributed by atoms with E-state index in [0.717, 1.165) is 6.42 Å². The quantitative estimate of drug-likeness (QED) is 0.775. The summed E-state index contributed by atoms with van der Waals surface area (Å²) in [5.41, 5.74) is 2.96. The van der Waals surface area contributed by atoms with E-state index in [2.05, 4.69) is 12.1 Å². The van der Waals surface area contributed by atoms with Gasteiger partial charge in [-0.05, 0) is 55.7 Å². The summed E-state index contributed by atoms with van der Waals surface area (Å²) in [6.45, 7) is 5.66. The monoisotopic (exact) mass is 414 g/mol. The van der Waals surface area contributed by atoms with Gasteiger partial charge in [0.05, 0.1) is 17.1 Å². The van der Waals surface area contributed by atoms with E-state index < -0.39 is 10.0 Å². The number of nitrogens with zero attached hydrogens (tertiary/aromatic N) is 2. The lowest BCUT2D eigenvalue weighted by molar-refractivity contribution is -0.0440. The first-order chi connectivity index (χ1) is 13.8. The van der Waals surface area contributed by atoms with Gasteiger partial charge < -0.3 is 9.64 Å². The van der Waals surface area contributed by atoms with Gasteiger partial charge >= 0.3 is 0 Å². The normalized spacial score (nSPS) is 22.9. The van der Waals surface area contributed by atoms with Gasteiger partial charge in [-0.15, -0.1) is 0 Å². The van der Waals surface area contributed by atoms with Crippen molar-refractivity contribution in [2.45, 2.75) is 43.9 Å². The fourth-order valence-electron chi connectivity index (χ4n) is 4.10. The molecule has 1 saturated heterocycles. The standard InChI is InChI=1S/C22H26N2O4S/c1-16-13-24(14-17(2)28-16)29(26,27)21-9-7-19(8-10-21)22(25)23-12-11-18-5-3-4-6-20(18)15-23/h3-10,16-17H,11-15H2,1-2H3. The predicted molar refractivity (Wildman–Crippen MR) is 110 cm³/mol. The van der Waals surface area contributed by atoms with Crippen LogP contribution in [0.2, 0.25) is 0 Å². The van der Waals surface area contributed by atoms with Gasteiger partial charge in [-0.3, -0.25) is 4.79 Å². The van der Waals surface area contributed by atoms with E-state index in [9.17, 15) is 13.2 Å². The number of hydrogen-bond acceptors (Lipinski definition) is 4. The summed E-state index contributed by atoms with van der Waals surface area (Å²) in [6, 6.07) is 14.5. The Labute approximate surface area is 172 Å². The average Bonchev–Trinajstić information content (AvgIpc) is 2.72. The van der Waals surface area contributed by atoms with Crippen molar-refractivity contribution in [3.63, 3.8) is 0 Å². The van der Waals surface area contributed by atoms with Gasteiger partial charge in [0, 0.05) is 31.7 Å². The molecule has 29 heavy (non-hydrogen) atoms. The van der Waals surface area contributed by atoms with Crippen LogP contribution in [0, 0.1) is 0 Å². The van der Waals surface area contributed by atoms with E-state index in [4.69, 9.17) is 4.74 Å².